The highest BCUT2D eigenvalue weighted by Gasteiger charge is 2.55. The van der Waals surface area contributed by atoms with E-state index < -0.39 is 11.7 Å². The molecule has 5 rings (SSSR count). The Labute approximate surface area is 175 Å². The molecule has 5 nitrogen and oxygen atoms in total. The minimum Gasteiger partial charge on any atom is -0.507 e. The first-order valence-electron chi connectivity index (χ1n) is 10.3. The lowest BCUT2D eigenvalue weighted by Crippen LogP contribution is -2.60. The maximum absolute atomic E-state index is 15.4. The molecular weight excluding hydrogens is 379 g/mol. The molecule has 154 valence electrons. The van der Waals surface area contributed by atoms with E-state index in [9.17, 15) is 5.11 Å². The minimum atomic E-state index is -1.01. The van der Waals surface area contributed by atoms with Crippen molar-refractivity contribution in [3.8, 4) is 17.0 Å². The lowest BCUT2D eigenvalue weighted by atomic mass is 9.75. The van der Waals surface area contributed by atoms with Crippen LogP contribution in [-0.2, 0) is 0 Å². The van der Waals surface area contributed by atoms with E-state index >= 15 is 4.39 Å². The van der Waals surface area contributed by atoms with E-state index in [0.29, 0.717) is 28.9 Å². The van der Waals surface area contributed by atoms with Gasteiger partial charge in [0.05, 0.1) is 11.4 Å². The molecule has 0 amide bonds. The van der Waals surface area contributed by atoms with Gasteiger partial charge in [-0.15, -0.1) is 5.10 Å². The highest BCUT2D eigenvalue weighted by molar-refractivity contribution is 5.89. The largest absolute Gasteiger partial charge is 0.507 e. The molecule has 2 fully saturated rings. The number of halogens is 1. The van der Waals surface area contributed by atoms with Gasteiger partial charge in [0.2, 0.25) is 0 Å². The molecule has 2 aromatic heterocycles. The van der Waals surface area contributed by atoms with Crippen LogP contribution in [0.1, 0.15) is 38.8 Å². The van der Waals surface area contributed by atoms with Gasteiger partial charge in [0.15, 0.2) is 0 Å². The van der Waals surface area contributed by atoms with Gasteiger partial charge in [-0.2, -0.15) is 5.10 Å². The first-order chi connectivity index (χ1) is 14.3. The second kappa shape index (κ2) is 6.57. The summed E-state index contributed by atoms with van der Waals surface area (Å²) in [5.74, 6) is -0.165. The number of alkyl halides is 1. The van der Waals surface area contributed by atoms with Crippen LogP contribution in [0, 0.1) is 5.92 Å². The molecule has 2 saturated heterocycles. The summed E-state index contributed by atoms with van der Waals surface area (Å²) in [5, 5.41) is 24.4. The topological polar surface area (TPSA) is 70.9 Å². The van der Waals surface area contributed by atoms with E-state index in [0.717, 1.165) is 23.6 Å². The van der Waals surface area contributed by atoms with Crippen molar-refractivity contribution in [2.45, 2.75) is 50.4 Å². The summed E-state index contributed by atoms with van der Waals surface area (Å²) < 4.78 is 15.4. The molecular formula is C24H25FN4O. The van der Waals surface area contributed by atoms with E-state index in [1.54, 1.807) is 18.5 Å². The van der Waals surface area contributed by atoms with Gasteiger partial charge in [-0.3, -0.25) is 4.98 Å². The predicted molar refractivity (Wildman–Crippen MR) is 116 cm³/mol. The molecule has 2 aliphatic rings. The molecule has 3 aromatic rings. The fourth-order valence-electron chi connectivity index (χ4n) is 5.21. The van der Waals surface area contributed by atoms with Gasteiger partial charge in [0, 0.05) is 40.3 Å². The zero-order chi connectivity index (χ0) is 21.1. The molecule has 0 unspecified atom stereocenters. The number of fused-ring (bicyclic) bond motifs is 3. The van der Waals surface area contributed by atoms with Crippen molar-refractivity contribution in [2.24, 2.45) is 5.92 Å². The fourth-order valence-corrected chi connectivity index (χ4v) is 5.21. The Morgan fingerprint density at radius 3 is 2.77 bits per heavy atom. The number of benzene rings is 1. The number of phenolic OH excluding ortho intramolecular Hbond substituents is 1. The van der Waals surface area contributed by atoms with Gasteiger partial charge in [-0.25, -0.2) is 4.39 Å². The fraction of sp³-hybridized carbons (Fsp3) is 0.375. The van der Waals surface area contributed by atoms with Gasteiger partial charge in [0.1, 0.15) is 11.9 Å². The van der Waals surface area contributed by atoms with Crippen LogP contribution in [-0.4, -0.2) is 37.5 Å². The molecule has 4 atom stereocenters. The van der Waals surface area contributed by atoms with E-state index in [-0.39, 0.29) is 17.2 Å². The molecule has 2 N–H and O–H groups in total. The first-order valence-corrected chi connectivity index (χ1v) is 10.3. The Morgan fingerprint density at radius 2 is 2.00 bits per heavy atom. The zero-order valence-electron chi connectivity index (χ0n) is 17.2. The normalized spacial score (nSPS) is 30.5. The second-order valence-corrected chi connectivity index (χ2v) is 9.24. The van der Waals surface area contributed by atoms with Crippen LogP contribution in [0.3, 0.4) is 0 Å². The summed E-state index contributed by atoms with van der Waals surface area (Å²) in [6, 6.07) is 9.06. The van der Waals surface area contributed by atoms with Crippen molar-refractivity contribution >= 4 is 16.3 Å². The number of aromatic hydroxyl groups is 1. The van der Waals surface area contributed by atoms with Crippen LogP contribution in [0.2, 0.25) is 0 Å². The number of pyridine rings is 1. The SMILES string of the molecule is C=C(c1ccc(-c2cc3ccncc3cc2O)nn1)[C@H]1C[C@]2(C)CC[C@@](C)(N2)[C@@H]1F. The highest BCUT2D eigenvalue weighted by atomic mass is 19.1. The van der Waals surface area contributed by atoms with E-state index in [1.165, 1.54) is 0 Å². The molecule has 0 aliphatic carbocycles. The molecule has 2 bridgehead atoms. The summed E-state index contributed by atoms with van der Waals surface area (Å²) in [4.78, 5) is 4.08. The molecule has 4 heterocycles. The van der Waals surface area contributed by atoms with Gasteiger partial charge >= 0.3 is 0 Å². The van der Waals surface area contributed by atoms with Crippen LogP contribution < -0.4 is 5.32 Å². The molecule has 0 spiro atoms. The number of phenols is 1. The lowest BCUT2D eigenvalue weighted by Gasteiger charge is -2.45. The van der Waals surface area contributed by atoms with Crippen molar-refractivity contribution in [3.05, 3.63) is 55.0 Å². The molecule has 6 heteroatoms. The van der Waals surface area contributed by atoms with Crippen molar-refractivity contribution in [3.63, 3.8) is 0 Å². The Bertz CT molecular complexity index is 1150. The molecule has 0 saturated carbocycles. The number of aromatic nitrogens is 3. The minimum absolute atomic E-state index is 0.0654. The third-order valence-electron chi connectivity index (χ3n) is 6.89. The average Bonchev–Trinajstić information content (AvgIpc) is 3.02. The standard InChI is InChI=1S/C24H25FN4O/c1-14(18-12-23(2)7-8-24(3,29-23)22(18)25)19-4-5-20(28-27-19)17-10-15-6-9-26-13-16(15)11-21(17)30/h4-6,9-11,13,18,22,29-30H,1,7-8,12H2,2-3H3/t18-,22-,23+,24-/m1/s1. The van der Waals surface area contributed by atoms with Crippen molar-refractivity contribution in [2.75, 3.05) is 0 Å². The van der Waals surface area contributed by atoms with Crippen LogP contribution in [0.15, 0.2) is 49.3 Å². The number of rotatable bonds is 3. The number of hydrogen-bond acceptors (Lipinski definition) is 5. The molecule has 2 aliphatic heterocycles. The number of allylic oxidation sites excluding steroid dienone is 1. The molecule has 30 heavy (non-hydrogen) atoms. The Hall–Kier alpha value is -2.86. The lowest BCUT2D eigenvalue weighted by molar-refractivity contribution is 0.0770. The summed E-state index contributed by atoms with van der Waals surface area (Å²) in [6.07, 6.45) is 4.90. The van der Waals surface area contributed by atoms with Gasteiger partial charge in [-0.1, -0.05) is 6.58 Å². The summed E-state index contributed by atoms with van der Waals surface area (Å²) in [5.41, 5.74) is 1.87. The summed E-state index contributed by atoms with van der Waals surface area (Å²) >= 11 is 0. The summed E-state index contributed by atoms with van der Waals surface area (Å²) in [7, 11) is 0. The zero-order valence-corrected chi connectivity index (χ0v) is 17.2. The first kappa shape index (κ1) is 19.1. The maximum atomic E-state index is 15.4. The Morgan fingerprint density at radius 1 is 1.17 bits per heavy atom. The smallest absolute Gasteiger partial charge is 0.125 e. The quantitative estimate of drug-likeness (QED) is 0.664. The Kier molecular flexibility index (Phi) is 4.19. The van der Waals surface area contributed by atoms with Crippen molar-refractivity contribution in [1.29, 1.82) is 0 Å². The molecule has 1 aromatic carbocycles. The van der Waals surface area contributed by atoms with Crippen molar-refractivity contribution in [1.82, 2.24) is 20.5 Å². The monoisotopic (exact) mass is 404 g/mol. The number of piperidine rings is 1. The third-order valence-corrected chi connectivity index (χ3v) is 6.89. The average molecular weight is 404 g/mol. The summed E-state index contributed by atoms with van der Waals surface area (Å²) in [6.45, 7) is 8.32. The van der Waals surface area contributed by atoms with E-state index in [4.69, 9.17) is 0 Å². The van der Waals surface area contributed by atoms with Crippen LogP contribution in [0.25, 0.3) is 27.6 Å². The second-order valence-electron chi connectivity index (χ2n) is 9.24. The highest BCUT2D eigenvalue weighted by Crippen LogP contribution is 2.49. The van der Waals surface area contributed by atoms with E-state index in [2.05, 4.69) is 34.0 Å². The van der Waals surface area contributed by atoms with Gasteiger partial charge in [0.25, 0.3) is 0 Å². The van der Waals surface area contributed by atoms with Crippen molar-refractivity contribution < 1.29 is 9.50 Å². The third kappa shape index (κ3) is 2.98. The Balaban J connectivity index is 1.44. The number of hydrogen-bond donors (Lipinski definition) is 2. The van der Waals surface area contributed by atoms with Gasteiger partial charge < -0.3 is 10.4 Å². The van der Waals surface area contributed by atoms with Gasteiger partial charge in [-0.05, 0) is 74.4 Å². The van der Waals surface area contributed by atoms with Crippen LogP contribution in [0.4, 0.5) is 4.39 Å². The number of nitrogens with one attached hydrogen (secondary N) is 1. The number of nitrogens with zero attached hydrogens (tertiary/aromatic N) is 3. The van der Waals surface area contributed by atoms with Crippen LogP contribution in [0.5, 0.6) is 5.75 Å². The molecule has 0 radical (unpaired) electrons. The van der Waals surface area contributed by atoms with E-state index in [1.807, 2.05) is 31.2 Å². The maximum Gasteiger partial charge on any atom is 0.125 e. The van der Waals surface area contributed by atoms with Crippen LogP contribution >= 0.6 is 0 Å². The predicted octanol–water partition coefficient (Wildman–Crippen LogP) is 4.67.